The number of nitrogens with zero attached hydrogens (tertiary/aromatic N) is 4. The number of hydrogen-bond donors (Lipinski definition) is 0. The second kappa shape index (κ2) is 8.61. The minimum Gasteiger partial charge on any atom is -0.377 e. The van der Waals surface area contributed by atoms with E-state index < -0.39 is 0 Å². The maximum atomic E-state index is 12.8. The number of amides is 1. The van der Waals surface area contributed by atoms with Gasteiger partial charge in [-0.05, 0) is 26.3 Å². The molecule has 3 rings (SSSR count). The summed E-state index contributed by atoms with van der Waals surface area (Å²) in [4.78, 5) is 22.1. The Balaban J connectivity index is 1.41. The molecule has 0 aliphatic carbocycles. The highest BCUT2D eigenvalue weighted by Gasteiger charge is 2.31. The molecule has 2 unspecified atom stereocenters. The third-order valence-electron chi connectivity index (χ3n) is 5.93. The van der Waals surface area contributed by atoms with E-state index in [1.807, 2.05) is 0 Å². The molecule has 138 valence electrons. The lowest BCUT2D eigenvalue weighted by Crippen LogP contribution is -2.57. The van der Waals surface area contributed by atoms with Gasteiger partial charge in [0.15, 0.2) is 0 Å². The summed E-state index contributed by atoms with van der Waals surface area (Å²) < 4.78 is 5.75. The molecule has 3 aliphatic heterocycles. The van der Waals surface area contributed by atoms with Crippen LogP contribution in [0.5, 0.6) is 0 Å². The van der Waals surface area contributed by atoms with Crippen molar-refractivity contribution in [2.75, 3.05) is 72.1 Å². The van der Waals surface area contributed by atoms with E-state index in [1.165, 1.54) is 12.8 Å². The molecule has 0 N–H and O–H groups in total. The van der Waals surface area contributed by atoms with Crippen molar-refractivity contribution in [3.63, 3.8) is 0 Å². The molecule has 0 spiro atoms. The Labute approximate surface area is 146 Å². The normalized spacial score (nSPS) is 29.1. The minimum absolute atomic E-state index is 0.0167. The molecule has 3 aliphatic rings. The molecule has 3 saturated heterocycles. The highest BCUT2D eigenvalue weighted by Crippen LogP contribution is 2.16. The van der Waals surface area contributed by atoms with Crippen LogP contribution in [-0.2, 0) is 9.53 Å². The number of hydrogen-bond acceptors (Lipinski definition) is 5. The van der Waals surface area contributed by atoms with Crippen LogP contribution in [-0.4, -0.2) is 110 Å². The van der Waals surface area contributed by atoms with Gasteiger partial charge < -0.3 is 14.5 Å². The molecule has 0 bridgehead atoms. The zero-order chi connectivity index (χ0) is 16.9. The third kappa shape index (κ3) is 4.48. The van der Waals surface area contributed by atoms with Crippen molar-refractivity contribution in [2.45, 2.75) is 38.8 Å². The van der Waals surface area contributed by atoms with Crippen LogP contribution in [0.3, 0.4) is 0 Å². The fourth-order valence-electron chi connectivity index (χ4n) is 4.11. The molecule has 3 heterocycles. The van der Waals surface area contributed by atoms with Crippen molar-refractivity contribution in [3.05, 3.63) is 0 Å². The Morgan fingerprint density at radius 2 is 1.71 bits per heavy atom. The molecule has 2 atom stereocenters. The summed E-state index contributed by atoms with van der Waals surface area (Å²) in [6.07, 6.45) is 2.85. The van der Waals surface area contributed by atoms with Crippen LogP contribution in [0.4, 0.5) is 0 Å². The van der Waals surface area contributed by atoms with E-state index in [0.717, 1.165) is 72.1 Å². The molecule has 24 heavy (non-hydrogen) atoms. The third-order valence-corrected chi connectivity index (χ3v) is 5.93. The molecule has 0 radical (unpaired) electrons. The van der Waals surface area contributed by atoms with Gasteiger partial charge in [0.2, 0.25) is 5.91 Å². The van der Waals surface area contributed by atoms with E-state index in [9.17, 15) is 4.79 Å². The molecule has 0 saturated carbocycles. The van der Waals surface area contributed by atoms with Crippen molar-refractivity contribution in [2.24, 2.45) is 0 Å². The van der Waals surface area contributed by atoms with Crippen molar-refractivity contribution >= 4 is 5.91 Å². The summed E-state index contributed by atoms with van der Waals surface area (Å²) in [7, 11) is 0. The monoisotopic (exact) mass is 338 g/mol. The highest BCUT2D eigenvalue weighted by molar-refractivity contribution is 5.81. The summed E-state index contributed by atoms with van der Waals surface area (Å²) in [5, 5.41) is 0. The van der Waals surface area contributed by atoms with Gasteiger partial charge in [-0.3, -0.25) is 14.6 Å². The first-order chi connectivity index (χ1) is 11.7. The van der Waals surface area contributed by atoms with Gasteiger partial charge in [-0.2, -0.15) is 0 Å². The van der Waals surface area contributed by atoms with Crippen LogP contribution in [0.25, 0.3) is 0 Å². The summed E-state index contributed by atoms with van der Waals surface area (Å²) in [6, 6.07) is 0.0167. The van der Waals surface area contributed by atoms with E-state index >= 15 is 0 Å². The van der Waals surface area contributed by atoms with Crippen molar-refractivity contribution in [1.82, 2.24) is 19.6 Å². The van der Waals surface area contributed by atoms with E-state index in [-0.39, 0.29) is 6.04 Å². The quantitative estimate of drug-likeness (QED) is 0.723. The van der Waals surface area contributed by atoms with Gasteiger partial charge in [0.1, 0.15) is 0 Å². The standard InChI is InChI=1S/C18H34N4O2/c1-3-19-6-12-22(13-7-19)18(23)16(2)21-10-8-20(9-11-21)15-17-5-4-14-24-17/h16-17H,3-15H2,1-2H3. The summed E-state index contributed by atoms with van der Waals surface area (Å²) in [6.45, 7) is 15.3. The first-order valence-electron chi connectivity index (χ1n) is 9.76. The van der Waals surface area contributed by atoms with Gasteiger partial charge in [0.25, 0.3) is 0 Å². The SMILES string of the molecule is CCN1CCN(C(=O)C(C)N2CCN(CC3CCCO3)CC2)CC1. The molecule has 3 fully saturated rings. The van der Waals surface area contributed by atoms with Crippen LogP contribution in [0.2, 0.25) is 0 Å². The maximum absolute atomic E-state index is 12.8. The summed E-state index contributed by atoms with van der Waals surface area (Å²) in [5.74, 6) is 0.318. The molecular weight excluding hydrogens is 304 g/mol. The molecule has 6 nitrogen and oxygen atoms in total. The number of carbonyl (C=O) groups is 1. The van der Waals surface area contributed by atoms with Gasteiger partial charge >= 0.3 is 0 Å². The Kier molecular flexibility index (Phi) is 6.49. The molecule has 1 amide bonds. The maximum Gasteiger partial charge on any atom is 0.239 e. The van der Waals surface area contributed by atoms with E-state index in [0.29, 0.717) is 12.0 Å². The van der Waals surface area contributed by atoms with Gasteiger partial charge in [-0.25, -0.2) is 0 Å². The fourth-order valence-corrected chi connectivity index (χ4v) is 4.11. The molecule has 0 aromatic carbocycles. The lowest BCUT2D eigenvalue weighted by atomic mass is 10.1. The van der Waals surface area contributed by atoms with Crippen LogP contribution < -0.4 is 0 Å². The Morgan fingerprint density at radius 3 is 2.29 bits per heavy atom. The van der Waals surface area contributed by atoms with Crippen LogP contribution in [0, 0.1) is 0 Å². The molecule has 6 heteroatoms. The van der Waals surface area contributed by atoms with Crippen LogP contribution >= 0.6 is 0 Å². The van der Waals surface area contributed by atoms with Crippen LogP contribution in [0.1, 0.15) is 26.7 Å². The Morgan fingerprint density at radius 1 is 1.04 bits per heavy atom. The Hall–Kier alpha value is -0.690. The second-order valence-electron chi connectivity index (χ2n) is 7.41. The van der Waals surface area contributed by atoms with E-state index in [1.54, 1.807) is 0 Å². The van der Waals surface area contributed by atoms with Crippen molar-refractivity contribution in [1.29, 1.82) is 0 Å². The number of rotatable bonds is 5. The molecule has 0 aromatic heterocycles. The lowest BCUT2D eigenvalue weighted by molar-refractivity contribution is -0.139. The summed E-state index contributed by atoms with van der Waals surface area (Å²) in [5.41, 5.74) is 0. The second-order valence-corrected chi connectivity index (χ2v) is 7.41. The lowest BCUT2D eigenvalue weighted by Gasteiger charge is -2.41. The largest absolute Gasteiger partial charge is 0.377 e. The van der Waals surface area contributed by atoms with Gasteiger partial charge in [-0.15, -0.1) is 0 Å². The smallest absolute Gasteiger partial charge is 0.239 e. The zero-order valence-electron chi connectivity index (χ0n) is 15.5. The minimum atomic E-state index is 0.0167. The molecular formula is C18H34N4O2. The number of carbonyl (C=O) groups excluding carboxylic acids is 1. The van der Waals surface area contributed by atoms with E-state index in [2.05, 4.69) is 33.4 Å². The van der Waals surface area contributed by atoms with Crippen LogP contribution in [0.15, 0.2) is 0 Å². The zero-order valence-corrected chi connectivity index (χ0v) is 15.5. The number of ether oxygens (including phenoxy) is 1. The fraction of sp³-hybridized carbons (Fsp3) is 0.944. The summed E-state index contributed by atoms with van der Waals surface area (Å²) >= 11 is 0. The average molecular weight is 338 g/mol. The first-order valence-corrected chi connectivity index (χ1v) is 9.76. The van der Waals surface area contributed by atoms with E-state index in [4.69, 9.17) is 4.74 Å². The highest BCUT2D eigenvalue weighted by atomic mass is 16.5. The van der Waals surface area contributed by atoms with Gasteiger partial charge in [0.05, 0.1) is 12.1 Å². The van der Waals surface area contributed by atoms with Crippen molar-refractivity contribution in [3.8, 4) is 0 Å². The van der Waals surface area contributed by atoms with Gasteiger partial charge in [-0.1, -0.05) is 6.92 Å². The first kappa shape index (κ1) is 18.1. The number of piperazine rings is 2. The Bertz CT molecular complexity index is 398. The molecule has 0 aromatic rings. The van der Waals surface area contributed by atoms with Gasteiger partial charge in [0, 0.05) is 65.5 Å². The van der Waals surface area contributed by atoms with Crippen molar-refractivity contribution < 1.29 is 9.53 Å². The predicted molar refractivity (Wildman–Crippen MR) is 95.1 cm³/mol. The topological polar surface area (TPSA) is 39.3 Å². The number of likely N-dealkylation sites (N-methyl/N-ethyl adjacent to an activating group) is 1. The predicted octanol–water partition coefficient (Wildman–Crippen LogP) is 0.336. The average Bonchev–Trinajstić information content (AvgIpc) is 3.14.